The first-order valence-electron chi connectivity index (χ1n) is 7.56. The second kappa shape index (κ2) is 7.87. The summed E-state index contributed by atoms with van der Waals surface area (Å²) in [5.41, 5.74) is 5.22. The maximum atomic E-state index is 5.31. The summed E-state index contributed by atoms with van der Waals surface area (Å²) in [6.45, 7) is 0. The lowest BCUT2D eigenvalue weighted by molar-refractivity contribution is 0.402. The largest absolute Gasteiger partial charge is 0.497 e. The molecule has 0 spiro atoms. The van der Waals surface area contributed by atoms with Crippen LogP contribution in [0.1, 0.15) is 5.56 Å². The first kappa shape index (κ1) is 16.4. The summed E-state index contributed by atoms with van der Waals surface area (Å²) in [4.78, 5) is 4.40. The van der Waals surface area contributed by atoms with E-state index in [1.54, 1.807) is 26.6 Å². The molecule has 7 heteroatoms. The van der Waals surface area contributed by atoms with E-state index in [9.17, 15) is 0 Å². The van der Waals surface area contributed by atoms with Gasteiger partial charge >= 0.3 is 0 Å². The quantitative estimate of drug-likeness (QED) is 0.551. The molecule has 0 aliphatic rings. The molecule has 1 N–H and O–H groups in total. The van der Waals surface area contributed by atoms with Crippen LogP contribution in [0.3, 0.4) is 0 Å². The van der Waals surface area contributed by atoms with E-state index in [0.717, 1.165) is 11.1 Å². The lowest BCUT2D eigenvalue weighted by atomic mass is 10.2. The van der Waals surface area contributed by atoms with Crippen molar-refractivity contribution in [3.63, 3.8) is 0 Å². The lowest BCUT2D eigenvalue weighted by Gasteiger charge is -2.06. The predicted molar refractivity (Wildman–Crippen MR) is 96.0 cm³/mol. The van der Waals surface area contributed by atoms with Crippen molar-refractivity contribution in [3.8, 4) is 22.8 Å². The van der Waals surface area contributed by atoms with Gasteiger partial charge < -0.3 is 9.47 Å². The molecule has 0 saturated heterocycles. The van der Waals surface area contributed by atoms with Gasteiger partial charge in [0, 0.05) is 11.1 Å². The number of benzene rings is 2. The average molecular weight is 335 g/mol. The maximum absolute atomic E-state index is 5.31. The van der Waals surface area contributed by atoms with Gasteiger partial charge in [0.25, 0.3) is 5.95 Å². The van der Waals surface area contributed by atoms with Crippen LogP contribution in [0.15, 0.2) is 59.8 Å². The molecule has 0 aliphatic heterocycles. The zero-order chi connectivity index (χ0) is 17.5. The van der Waals surface area contributed by atoms with Gasteiger partial charge in [-0.1, -0.05) is 30.3 Å². The van der Waals surface area contributed by atoms with Crippen LogP contribution in [0, 0.1) is 0 Å². The fraction of sp³-hybridized carbons (Fsp3) is 0.111. The van der Waals surface area contributed by atoms with Crippen molar-refractivity contribution >= 4 is 12.2 Å². The van der Waals surface area contributed by atoms with Crippen LogP contribution in [-0.2, 0) is 0 Å². The van der Waals surface area contributed by atoms with Crippen LogP contribution in [0.25, 0.3) is 11.3 Å². The fourth-order valence-electron chi connectivity index (χ4n) is 2.20. The van der Waals surface area contributed by atoms with Crippen molar-refractivity contribution in [1.29, 1.82) is 0 Å². The van der Waals surface area contributed by atoms with Gasteiger partial charge in [-0.05, 0) is 18.2 Å². The Morgan fingerprint density at radius 2 is 1.88 bits per heavy atom. The highest BCUT2D eigenvalue weighted by molar-refractivity contribution is 5.84. The molecule has 0 unspecified atom stereocenters. The molecule has 7 nitrogen and oxygen atoms in total. The van der Waals surface area contributed by atoms with Gasteiger partial charge in [0.05, 0.1) is 32.3 Å². The van der Waals surface area contributed by atoms with Gasteiger partial charge in [0.1, 0.15) is 11.5 Å². The third-order valence-corrected chi connectivity index (χ3v) is 3.43. The maximum Gasteiger partial charge on any atom is 0.263 e. The van der Waals surface area contributed by atoms with Crippen LogP contribution in [0.2, 0.25) is 0 Å². The highest BCUT2D eigenvalue weighted by Crippen LogP contribution is 2.22. The molecule has 1 heterocycles. The third kappa shape index (κ3) is 4.08. The SMILES string of the molecule is COc1ccc(OC)c(/C=N/Nc2nncc(-c3ccccc3)n2)c1. The standard InChI is InChI=1S/C18H17N5O2/c1-24-15-8-9-17(25-2)14(10-15)11-19-22-18-21-16(12-20-23-18)13-6-4-3-5-7-13/h3-12H,1-2H3,(H,21,22,23)/b19-11+. The summed E-state index contributed by atoms with van der Waals surface area (Å²) in [6.07, 6.45) is 3.22. The number of hydrogen-bond donors (Lipinski definition) is 1. The van der Waals surface area contributed by atoms with Gasteiger partial charge in [0.2, 0.25) is 0 Å². The minimum absolute atomic E-state index is 0.305. The monoisotopic (exact) mass is 335 g/mol. The van der Waals surface area contributed by atoms with Crippen LogP contribution in [0.4, 0.5) is 5.95 Å². The zero-order valence-corrected chi connectivity index (χ0v) is 13.9. The molecule has 126 valence electrons. The molecule has 0 atom stereocenters. The number of methoxy groups -OCH3 is 2. The highest BCUT2D eigenvalue weighted by Gasteiger charge is 2.04. The number of aromatic nitrogens is 3. The molecule has 3 rings (SSSR count). The van der Waals surface area contributed by atoms with E-state index in [1.807, 2.05) is 48.5 Å². The summed E-state index contributed by atoms with van der Waals surface area (Å²) in [7, 11) is 3.21. The van der Waals surface area contributed by atoms with Crippen molar-refractivity contribution in [2.75, 3.05) is 19.6 Å². The molecule has 0 radical (unpaired) electrons. The van der Waals surface area contributed by atoms with Crippen molar-refractivity contribution in [1.82, 2.24) is 15.2 Å². The van der Waals surface area contributed by atoms with Crippen LogP contribution in [0.5, 0.6) is 11.5 Å². The predicted octanol–water partition coefficient (Wildman–Crippen LogP) is 3.00. The molecular formula is C18H17N5O2. The van der Waals surface area contributed by atoms with Gasteiger partial charge in [-0.25, -0.2) is 10.4 Å². The number of hydrogen-bond acceptors (Lipinski definition) is 7. The number of hydrazone groups is 1. The Hall–Kier alpha value is -3.48. The van der Waals surface area contributed by atoms with E-state index in [-0.39, 0.29) is 0 Å². The zero-order valence-electron chi connectivity index (χ0n) is 13.9. The van der Waals surface area contributed by atoms with Crippen molar-refractivity contribution in [3.05, 3.63) is 60.3 Å². The number of nitrogens with zero attached hydrogens (tertiary/aromatic N) is 4. The molecule has 0 aliphatic carbocycles. The van der Waals surface area contributed by atoms with Crippen LogP contribution in [-0.4, -0.2) is 35.6 Å². The van der Waals surface area contributed by atoms with Crippen molar-refractivity contribution in [2.24, 2.45) is 5.10 Å². The first-order chi connectivity index (χ1) is 12.3. The van der Waals surface area contributed by atoms with Gasteiger partial charge in [0.15, 0.2) is 0 Å². The summed E-state index contributed by atoms with van der Waals surface area (Å²) < 4.78 is 10.5. The summed E-state index contributed by atoms with van der Waals surface area (Å²) in [5.74, 6) is 1.70. The molecular weight excluding hydrogens is 318 g/mol. The van der Waals surface area contributed by atoms with Gasteiger partial charge in [-0.2, -0.15) is 10.2 Å². The highest BCUT2D eigenvalue weighted by atomic mass is 16.5. The Morgan fingerprint density at radius 3 is 2.64 bits per heavy atom. The van der Waals surface area contributed by atoms with E-state index in [2.05, 4.69) is 25.7 Å². The minimum Gasteiger partial charge on any atom is -0.497 e. The van der Waals surface area contributed by atoms with Crippen molar-refractivity contribution < 1.29 is 9.47 Å². The molecule has 2 aromatic carbocycles. The normalized spacial score (nSPS) is 10.6. The number of rotatable bonds is 6. The van der Waals surface area contributed by atoms with E-state index in [1.165, 1.54) is 0 Å². The van der Waals surface area contributed by atoms with Crippen LogP contribution < -0.4 is 14.9 Å². The molecule has 0 fully saturated rings. The number of ether oxygens (including phenoxy) is 2. The molecule has 3 aromatic rings. The summed E-state index contributed by atoms with van der Waals surface area (Å²) in [5, 5.41) is 12.0. The third-order valence-electron chi connectivity index (χ3n) is 3.43. The Bertz CT molecular complexity index is 868. The minimum atomic E-state index is 0.305. The average Bonchev–Trinajstić information content (AvgIpc) is 2.69. The molecule has 1 aromatic heterocycles. The second-order valence-corrected chi connectivity index (χ2v) is 5.01. The summed E-state index contributed by atoms with van der Waals surface area (Å²) in [6, 6.07) is 15.2. The van der Waals surface area contributed by atoms with E-state index in [0.29, 0.717) is 23.1 Å². The van der Waals surface area contributed by atoms with Crippen molar-refractivity contribution in [2.45, 2.75) is 0 Å². The Morgan fingerprint density at radius 1 is 1.04 bits per heavy atom. The molecule has 0 saturated carbocycles. The second-order valence-electron chi connectivity index (χ2n) is 5.01. The topological polar surface area (TPSA) is 81.5 Å². The van der Waals surface area contributed by atoms with E-state index < -0.39 is 0 Å². The van der Waals surface area contributed by atoms with Crippen LogP contribution >= 0.6 is 0 Å². The molecule has 0 amide bonds. The van der Waals surface area contributed by atoms with Gasteiger partial charge in [-0.15, -0.1) is 5.10 Å². The smallest absolute Gasteiger partial charge is 0.263 e. The van der Waals surface area contributed by atoms with E-state index in [4.69, 9.17) is 9.47 Å². The first-order valence-corrected chi connectivity index (χ1v) is 7.56. The lowest BCUT2D eigenvalue weighted by Crippen LogP contribution is -2.00. The molecule has 25 heavy (non-hydrogen) atoms. The summed E-state index contributed by atoms with van der Waals surface area (Å²) >= 11 is 0. The number of anilines is 1. The fourth-order valence-corrected chi connectivity index (χ4v) is 2.20. The Balaban J connectivity index is 1.77. The molecule has 0 bridgehead atoms. The Kier molecular flexibility index (Phi) is 5.16. The van der Waals surface area contributed by atoms with E-state index >= 15 is 0 Å². The van der Waals surface area contributed by atoms with Gasteiger partial charge in [-0.3, -0.25) is 0 Å². The number of nitrogens with one attached hydrogen (secondary N) is 1. The Labute approximate surface area is 145 Å².